The maximum atomic E-state index is 12.8. The molecule has 0 bridgehead atoms. The number of piperidine rings is 1. The quantitative estimate of drug-likeness (QED) is 0.482. The van der Waals surface area contributed by atoms with E-state index in [0.29, 0.717) is 18.5 Å². The van der Waals surface area contributed by atoms with Crippen LogP contribution in [0.4, 0.5) is 0 Å². The molecule has 2 heterocycles. The van der Waals surface area contributed by atoms with Crippen LogP contribution in [0.5, 0.6) is 0 Å². The van der Waals surface area contributed by atoms with Crippen molar-refractivity contribution in [1.82, 2.24) is 10.2 Å². The molecule has 0 saturated carbocycles. The van der Waals surface area contributed by atoms with Gasteiger partial charge in [0.2, 0.25) is 11.8 Å². The van der Waals surface area contributed by atoms with Crippen LogP contribution < -0.4 is 5.32 Å². The van der Waals surface area contributed by atoms with Crippen molar-refractivity contribution in [3.05, 3.63) is 30.1 Å². The van der Waals surface area contributed by atoms with Crippen molar-refractivity contribution in [3.63, 3.8) is 0 Å². The first kappa shape index (κ1) is 16.1. The van der Waals surface area contributed by atoms with Gasteiger partial charge in [0.05, 0.1) is 5.56 Å². The monoisotopic (exact) mass is 492 g/mol. The van der Waals surface area contributed by atoms with Gasteiger partial charge < -0.3 is 4.90 Å². The summed E-state index contributed by atoms with van der Waals surface area (Å²) in [7, 11) is 0. The Balaban J connectivity index is 2.02. The lowest BCUT2D eigenvalue weighted by Crippen LogP contribution is -2.52. The first-order valence-corrected chi connectivity index (χ1v) is 9.01. The van der Waals surface area contributed by atoms with Crippen molar-refractivity contribution in [1.29, 1.82) is 0 Å². The molecule has 3 amide bonds. The van der Waals surface area contributed by atoms with Gasteiger partial charge in [-0.05, 0) is 66.7 Å². The van der Waals surface area contributed by atoms with E-state index in [0.717, 1.165) is 24.5 Å². The number of carbonyl (C=O) groups excluding carboxylic acids is 3. The minimum absolute atomic E-state index is 0.187. The largest absolute Gasteiger partial charge is 0.322 e. The van der Waals surface area contributed by atoms with E-state index in [2.05, 4.69) is 53.1 Å². The first-order valence-electron chi connectivity index (χ1n) is 6.63. The van der Waals surface area contributed by atoms with Gasteiger partial charge in [-0.1, -0.05) is 0 Å². The molecule has 1 aromatic rings. The van der Waals surface area contributed by atoms with E-state index in [9.17, 15) is 14.4 Å². The zero-order valence-corrected chi connectivity index (χ0v) is 16.3. The number of hydrogen-bond acceptors (Lipinski definition) is 3. The highest BCUT2D eigenvalue weighted by Crippen LogP contribution is 2.43. The van der Waals surface area contributed by atoms with E-state index < -0.39 is 11.9 Å². The van der Waals surface area contributed by atoms with Gasteiger partial charge in [-0.25, -0.2) is 0 Å². The van der Waals surface area contributed by atoms with Crippen molar-refractivity contribution in [2.75, 3.05) is 0 Å². The van der Waals surface area contributed by atoms with Gasteiger partial charge in [-0.2, -0.15) is 0 Å². The average Bonchev–Trinajstić information content (AvgIpc) is 2.81. The second kappa shape index (κ2) is 5.72. The van der Waals surface area contributed by atoms with Crippen LogP contribution in [-0.2, 0) is 16.1 Å². The fraction of sp³-hybridized carbons (Fsp3) is 0.357. The molecule has 1 aromatic carbocycles. The third-order valence-electron chi connectivity index (χ3n) is 4.03. The fourth-order valence-corrected chi connectivity index (χ4v) is 4.74. The number of benzene rings is 1. The molecule has 1 N–H and O–H groups in total. The highest BCUT2D eigenvalue weighted by Gasteiger charge is 2.41. The van der Waals surface area contributed by atoms with E-state index >= 15 is 0 Å². The molecule has 0 radical (unpaired) electrons. The van der Waals surface area contributed by atoms with Crippen molar-refractivity contribution < 1.29 is 14.4 Å². The molecule has 0 unspecified atom stereocenters. The summed E-state index contributed by atoms with van der Waals surface area (Å²) in [6.07, 6.45) is 0.612. The molecular formula is C14H11Br3N2O3. The van der Waals surface area contributed by atoms with Gasteiger partial charge in [-0.15, -0.1) is 0 Å². The molecule has 2 aliphatic rings. The minimum Gasteiger partial charge on any atom is -0.322 e. The molecule has 3 rings (SSSR count). The molecule has 5 nitrogen and oxygen atoms in total. The zero-order chi connectivity index (χ0) is 16.2. The molecular weight excluding hydrogens is 484 g/mol. The number of nitrogens with zero attached hydrogens (tertiary/aromatic N) is 1. The summed E-state index contributed by atoms with van der Waals surface area (Å²) >= 11 is 10.5. The third-order valence-corrected chi connectivity index (χ3v) is 7.42. The Labute approximate surface area is 152 Å². The Morgan fingerprint density at radius 3 is 2.41 bits per heavy atom. The van der Waals surface area contributed by atoms with Gasteiger partial charge in [0.25, 0.3) is 5.91 Å². The van der Waals surface area contributed by atoms with Crippen molar-refractivity contribution in [3.8, 4) is 0 Å². The summed E-state index contributed by atoms with van der Waals surface area (Å²) in [6, 6.07) is -0.601. The van der Waals surface area contributed by atoms with E-state index in [1.165, 1.54) is 4.90 Å². The summed E-state index contributed by atoms with van der Waals surface area (Å²) in [5.41, 5.74) is 2.35. The standard InChI is InChI=1S/C14H11Br3N2O3/c1-5-10(15)9-6(12(17)11(5)16)4-19(14(9)22)7-2-3-8(20)18-13(7)21/h7H,2-4H2,1H3,(H,18,20,21)/t7-/m0/s1. The molecule has 0 aromatic heterocycles. The Morgan fingerprint density at radius 1 is 1.09 bits per heavy atom. The Hall–Kier alpha value is -0.730. The van der Waals surface area contributed by atoms with E-state index in [1.807, 2.05) is 6.92 Å². The molecule has 1 saturated heterocycles. The van der Waals surface area contributed by atoms with Gasteiger partial charge in [0.15, 0.2) is 0 Å². The molecule has 8 heteroatoms. The van der Waals surface area contributed by atoms with E-state index in [-0.39, 0.29) is 18.2 Å². The summed E-state index contributed by atoms with van der Waals surface area (Å²) in [6.45, 7) is 2.25. The molecule has 0 aliphatic carbocycles. The first-order chi connectivity index (χ1) is 10.3. The lowest BCUT2D eigenvalue weighted by Gasteiger charge is -2.29. The van der Waals surface area contributed by atoms with Crippen LogP contribution in [0.2, 0.25) is 0 Å². The number of amides is 3. The zero-order valence-electron chi connectivity index (χ0n) is 11.5. The highest BCUT2D eigenvalue weighted by molar-refractivity contribution is 9.13. The number of rotatable bonds is 1. The molecule has 116 valence electrons. The third kappa shape index (κ3) is 2.35. The maximum absolute atomic E-state index is 12.8. The summed E-state index contributed by atoms with van der Waals surface area (Å²) < 4.78 is 2.44. The van der Waals surface area contributed by atoms with Crippen LogP contribution in [0.25, 0.3) is 0 Å². The highest BCUT2D eigenvalue weighted by atomic mass is 79.9. The van der Waals surface area contributed by atoms with Crippen LogP contribution in [-0.4, -0.2) is 28.7 Å². The number of nitrogens with one attached hydrogen (secondary N) is 1. The topological polar surface area (TPSA) is 66.5 Å². The second-order valence-corrected chi connectivity index (χ2v) is 7.70. The lowest BCUT2D eigenvalue weighted by atomic mass is 10.0. The van der Waals surface area contributed by atoms with Gasteiger partial charge in [0, 0.05) is 31.9 Å². The molecule has 0 spiro atoms. The van der Waals surface area contributed by atoms with E-state index in [1.54, 1.807) is 0 Å². The molecule has 22 heavy (non-hydrogen) atoms. The predicted molar refractivity (Wildman–Crippen MR) is 90.3 cm³/mol. The second-order valence-electron chi connectivity index (χ2n) is 5.32. The number of hydrogen-bond donors (Lipinski definition) is 1. The molecule has 1 atom stereocenters. The van der Waals surface area contributed by atoms with Crippen LogP contribution in [0.1, 0.15) is 34.3 Å². The molecule has 2 aliphatic heterocycles. The van der Waals surface area contributed by atoms with Gasteiger partial charge in [0.1, 0.15) is 6.04 Å². The number of imide groups is 1. The van der Waals surface area contributed by atoms with Crippen LogP contribution in [0, 0.1) is 6.92 Å². The lowest BCUT2D eigenvalue weighted by molar-refractivity contribution is -0.136. The smallest absolute Gasteiger partial charge is 0.256 e. The number of carbonyl (C=O) groups is 3. The van der Waals surface area contributed by atoms with Crippen LogP contribution in [0.3, 0.4) is 0 Å². The number of halogens is 3. The van der Waals surface area contributed by atoms with Crippen LogP contribution in [0.15, 0.2) is 13.4 Å². The van der Waals surface area contributed by atoms with Crippen molar-refractivity contribution in [2.24, 2.45) is 0 Å². The van der Waals surface area contributed by atoms with Crippen LogP contribution >= 0.6 is 47.8 Å². The molecule has 1 fully saturated rings. The maximum Gasteiger partial charge on any atom is 0.256 e. The normalized spacial score (nSPS) is 21.2. The summed E-state index contributed by atoms with van der Waals surface area (Å²) in [5.74, 6) is -0.875. The summed E-state index contributed by atoms with van der Waals surface area (Å²) in [5, 5.41) is 2.30. The summed E-state index contributed by atoms with van der Waals surface area (Å²) in [4.78, 5) is 37.6. The van der Waals surface area contributed by atoms with Gasteiger partial charge >= 0.3 is 0 Å². The Bertz CT molecular complexity index is 733. The minimum atomic E-state index is -0.601. The van der Waals surface area contributed by atoms with E-state index in [4.69, 9.17) is 0 Å². The van der Waals surface area contributed by atoms with Crippen molar-refractivity contribution >= 4 is 65.5 Å². The van der Waals surface area contributed by atoms with Gasteiger partial charge in [-0.3, -0.25) is 19.7 Å². The Morgan fingerprint density at radius 2 is 1.77 bits per heavy atom. The average molecular weight is 495 g/mol. The SMILES string of the molecule is Cc1c(Br)c(Br)c2c(c1Br)C(=O)N([C@H]1CCC(=O)NC1=O)C2. The Kier molecular flexibility index (Phi) is 4.20. The number of fused-ring (bicyclic) bond motifs is 1. The van der Waals surface area contributed by atoms with Crippen molar-refractivity contribution in [2.45, 2.75) is 32.4 Å². The fourth-order valence-electron chi connectivity index (χ4n) is 2.81. The predicted octanol–water partition coefficient (Wildman–Crippen LogP) is 3.04.